The molecule has 0 bridgehead atoms. The fourth-order valence-corrected chi connectivity index (χ4v) is 3.50. The van der Waals surface area contributed by atoms with Gasteiger partial charge in [0.25, 0.3) is 16.8 Å². The van der Waals surface area contributed by atoms with Crippen molar-refractivity contribution in [1.29, 1.82) is 0 Å². The monoisotopic (exact) mass is 412 g/mol. The normalized spacial score (nSPS) is 15.4. The van der Waals surface area contributed by atoms with Crippen LogP contribution in [-0.4, -0.2) is 27.6 Å². The molecule has 0 atom stereocenters. The number of benzene rings is 2. The Hall–Kier alpha value is -3.13. The summed E-state index contributed by atoms with van der Waals surface area (Å²) >= 11 is 0.872. The SMILES string of the molecule is CC(C)COc1ccccc1/C=C1\SC(=O)N(Cc2ccc([N+](=O)[O-])cc2)C1=O. The molecule has 1 aliphatic rings. The van der Waals surface area contributed by atoms with E-state index in [1.54, 1.807) is 18.2 Å². The van der Waals surface area contributed by atoms with Crippen molar-refractivity contribution < 1.29 is 19.2 Å². The van der Waals surface area contributed by atoms with E-state index in [0.29, 0.717) is 28.7 Å². The topological polar surface area (TPSA) is 89.8 Å². The molecule has 0 N–H and O–H groups in total. The lowest BCUT2D eigenvalue weighted by molar-refractivity contribution is -0.384. The first-order valence-electron chi connectivity index (χ1n) is 9.05. The van der Waals surface area contributed by atoms with Gasteiger partial charge in [0, 0.05) is 17.7 Å². The average molecular weight is 412 g/mol. The van der Waals surface area contributed by atoms with Crippen molar-refractivity contribution in [2.45, 2.75) is 20.4 Å². The number of carbonyl (C=O) groups excluding carboxylic acids is 2. The van der Waals surface area contributed by atoms with Crippen molar-refractivity contribution in [2.75, 3.05) is 6.61 Å². The zero-order valence-corrected chi connectivity index (χ0v) is 16.8. The Morgan fingerprint density at radius 2 is 1.83 bits per heavy atom. The smallest absolute Gasteiger partial charge is 0.293 e. The number of thioether (sulfide) groups is 1. The number of carbonyl (C=O) groups is 2. The molecule has 2 amide bonds. The first-order chi connectivity index (χ1) is 13.8. The highest BCUT2D eigenvalue weighted by molar-refractivity contribution is 8.18. The first-order valence-corrected chi connectivity index (χ1v) is 9.87. The molecule has 2 aromatic rings. The molecule has 1 aliphatic heterocycles. The summed E-state index contributed by atoms with van der Waals surface area (Å²) in [6.07, 6.45) is 1.66. The fraction of sp³-hybridized carbons (Fsp3) is 0.238. The van der Waals surface area contributed by atoms with Gasteiger partial charge in [-0.2, -0.15) is 0 Å². The molecule has 0 aromatic heterocycles. The maximum Gasteiger partial charge on any atom is 0.293 e. The van der Waals surface area contributed by atoms with Gasteiger partial charge in [-0.25, -0.2) is 0 Å². The van der Waals surface area contributed by atoms with E-state index in [1.807, 2.05) is 38.1 Å². The van der Waals surface area contributed by atoms with Crippen LogP contribution in [0, 0.1) is 16.0 Å². The van der Waals surface area contributed by atoms with E-state index in [-0.39, 0.29) is 17.5 Å². The lowest BCUT2D eigenvalue weighted by Crippen LogP contribution is -2.27. The van der Waals surface area contributed by atoms with Gasteiger partial charge in [0.2, 0.25) is 0 Å². The van der Waals surface area contributed by atoms with Gasteiger partial charge >= 0.3 is 0 Å². The van der Waals surface area contributed by atoms with Crippen LogP contribution in [0.4, 0.5) is 10.5 Å². The van der Waals surface area contributed by atoms with Gasteiger partial charge in [0.15, 0.2) is 0 Å². The Labute approximate surface area is 172 Å². The summed E-state index contributed by atoms with van der Waals surface area (Å²) in [6, 6.07) is 13.1. The quantitative estimate of drug-likeness (QED) is 0.366. The second kappa shape index (κ2) is 8.91. The van der Waals surface area contributed by atoms with Gasteiger partial charge in [-0.1, -0.05) is 44.2 Å². The van der Waals surface area contributed by atoms with E-state index in [1.165, 1.54) is 12.1 Å². The number of rotatable bonds is 7. The number of amides is 2. The van der Waals surface area contributed by atoms with Gasteiger partial charge in [-0.15, -0.1) is 0 Å². The summed E-state index contributed by atoms with van der Waals surface area (Å²) in [4.78, 5) is 36.8. The van der Waals surface area contributed by atoms with Crippen LogP contribution in [0.25, 0.3) is 6.08 Å². The van der Waals surface area contributed by atoms with Crippen molar-refractivity contribution in [3.05, 3.63) is 74.7 Å². The molecule has 150 valence electrons. The van der Waals surface area contributed by atoms with Crippen LogP contribution < -0.4 is 4.74 Å². The van der Waals surface area contributed by atoms with Gasteiger partial charge in [-0.05, 0) is 35.4 Å². The fourth-order valence-electron chi connectivity index (χ4n) is 2.67. The summed E-state index contributed by atoms with van der Waals surface area (Å²) in [7, 11) is 0. The van der Waals surface area contributed by atoms with Crippen LogP contribution in [0.1, 0.15) is 25.0 Å². The third-order valence-corrected chi connectivity index (χ3v) is 5.05. The summed E-state index contributed by atoms with van der Waals surface area (Å²) in [5, 5.41) is 10.4. The third kappa shape index (κ3) is 5.03. The molecule has 8 heteroatoms. The number of nitro groups is 1. The molecular formula is C21H20N2O5S. The zero-order chi connectivity index (χ0) is 21.0. The Morgan fingerprint density at radius 3 is 2.48 bits per heavy atom. The van der Waals surface area contributed by atoms with Crippen LogP contribution in [-0.2, 0) is 11.3 Å². The summed E-state index contributed by atoms with van der Waals surface area (Å²) in [6.45, 7) is 4.70. The maximum absolute atomic E-state index is 12.7. The molecule has 0 aliphatic carbocycles. The lowest BCUT2D eigenvalue weighted by atomic mass is 10.1. The number of para-hydroxylation sites is 1. The highest BCUT2D eigenvalue weighted by Gasteiger charge is 2.35. The molecular weight excluding hydrogens is 392 g/mol. The van der Waals surface area contributed by atoms with Crippen molar-refractivity contribution in [3.8, 4) is 5.75 Å². The van der Waals surface area contributed by atoms with E-state index in [4.69, 9.17) is 4.74 Å². The Kier molecular flexibility index (Phi) is 6.33. The number of nitro benzene ring substituents is 1. The Morgan fingerprint density at radius 1 is 1.14 bits per heavy atom. The van der Waals surface area contributed by atoms with Gasteiger partial charge in [-0.3, -0.25) is 24.6 Å². The van der Waals surface area contributed by atoms with Crippen LogP contribution >= 0.6 is 11.8 Å². The molecule has 1 heterocycles. The van der Waals surface area contributed by atoms with E-state index >= 15 is 0 Å². The molecule has 1 saturated heterocycles. The summed E-state index contributed by atoms with van der Waals surface area (Å²) in [5.41, 5.74) is 1.33. The van der Waals surface area contributed by atoms with E-state index in [9.17, 15) is 19.7 Å². The highest BCUT2D eigenvalue weighted by Crippen LogP contribution is 2.35. The first kappa shape index (κ1) is 20.6. The van der Waals surface area contributed by atoms with Gasteiger partial charge in [0.1, 0.15) is 5.75 Å². The maximum atomic E-state index is 12.7. The van der Waals surface area contributed by atoms with Gasteiger partial charge < -0.3 is 4.74 Å². The number of non-ortho nitro benzene ring substituents is 1. The van der Waals surface area contributed by atoms with Crippen molar-refractivity contribution in [1.82, 2.24) is 4.90 Å². The molecule has 0 radical (unpaired) electrons. The van der Waals surface area contributed by atoms with Crippen LogP contribution in [0.2, 0.25) is 0 Å². The predicted octanol–water partition coefficient (Wildman–Crippen LogP) is 4.87. The number of ether oxygens (including phenoxy) is 1. The molecule has 7 nitrogen and oxygen atoms in total. The molecule has 0 unspecified atom stereocenters. The van der Waals surface area contributed by atoms with Crippen molar-refractivity contribution in [3.63, 3.8) is 0 Å². The standard InChI is InChI=1S/C21H20N2O5S/c1-14(2)13-28-18-6-4-3-5-16(18)11-19-20(24)22(21(25)29-19)12-15-7-9-17(10-8-15)23(26)27/h3-11,14H,12-13H2,1-2H3/b19-11-. The average Bonchev–Trinajstić information content (AvgIpc) is 2.95. The van der Waals surface area contributed by atoms with Crippen LogP contribution in [0.3, 0.4) is 0 Å². The number of imide groups is 1. The minimum absolute atomic E-state index is 0.0409. The molecule has 1 fully saturated rings. The number of nitrogens with zero attached hydrogens (tertiary/aromatic N) is 2. The van der Waals surface area contributed by atoms with E-state index in [2.05, 4.69) is 0 Å². The summed E-state index contributed by atoms with van der Waals surface area (Å²) < 4.78 is 5.81. The predicted molar refractivity (Wildman–Crippen MR) is 111 cm³/mol. The molecule has 29 heavy (non-hydrogen) atoms. The number of hydrogen-bond donors (Lipinski definition) is 0. The zero-order valence-electron chi connectivity index (χ0n) is 16.0. The largest absolute Gasteiger partial charge is 0.493 e. The highest BCUT2D eigenvalue weighted by atomic mass is 32.2. The lowest BCUT2D eigenvalue weighted by Gasteiger charge is -2.12. The molecule has 2 aromatic carbocycles. The third-order valence-electron chi connectivity index (χ3n) is 4.14. The van der Waals surface area contributed by atoms with Gasteiger partial charge in [0.05, 0.1) is 23.0 Å². The second-order valence-electron chi connectivity index (χ2n) is 6.93. The van der Waals surface area contributed by atoms with E-state index < -0.39 is 10.8 Å². The second-order valence-corrected chi connectivity index (χ2v) is 7.93. The molecule has 0 saturated carbocycles. The minimum atomic E-state index is -0.495. The molecule has 3 rings (SSSR count). The minimum Gasteiger partial charge on any atom is -0.493 e. The number of hydrogen-bond acceptors (Lipinski definition) is 6. The van der Waals surface area contributed by atoms with Crippen molar-refractivity contribution in [2.24, 2.45) is 5.92 Å². The van der Waals surface area contributed by atoms with Crippen LogP contribution in [0.5, 0.6) is 5.75 Å². The summed E-state index contributed by atoms with van der Waals surface area (Å²) in [5.74, 6) is 0.623. The molecule has 0 spiro atoms. The van der Waals surface area contributed by atoms with Crippen LogP contribution in [0.15, 0.2) is 53.4 Å². The Balaban J connectivity index is 1.77. The van der Waals surface area contributed by atoms with Crippen molar-refractivity contribution >= 4 is 34.7 Å². The van der Waals surface area contributed by atoms with E-state index in [0.717, 1.165) is 22.2 Å². The Bertz CT molecular complexity index is 969.